The zero-order valence-corrected chi connectivity index (χ0v) is 16.3. The summed E-state index contributed by atoms with van der Waals surface area (Å²) in [6.07, 6.45) is -4.79. The van der Waals surface area contributed by atoms with Crippen molar-refractivity contribution >= 4 is 34.5 Å². The molecule has 32 heavy (non-hydrogen) atoms. The summed E-state index contributed by atoms with van der Waals surface area (Å²) in [6.45, 7) is -0.132. The van der Waals surface area contributed by atoms with E-state index in [0.29, 0.717) is 28.1 Å². The van der Waals surface area contributed by atoms with E-state index in [9.17, 15) is 18.0 Å². The first-order chi connectivity index (χ1) is 15.4. The highest BCUT2D eigenvalue weighted by Gasteiger charge is 2.42. The highest BCUT2D eigenvalue weighted by atomic mass is 19.4. The Hall–Kier alpha value is -4.22. The number of carbonyl (C=O) groups excluding carboxylic acids is 1. The van der Waals surface area contributed by atoms with Crippen LogP contribution in [0.2, 0.25) is 0 Å². The number of alkyl halides is 3. The van der Waals surface area contributed by atoms with Crippen LogP contribution in [-0.2, 0) is 9.53 Å². The highest BCUT2D eigenvalue weighted by molar-refractivity contribution is 5.79. The molecule has 2 aromatic heterocycles. The minimum atomic E-state index is -5.09. The number of nitrogens with one attached hydrogen (secondary N) is 3. The Kier molecular flexibility index (Phi) is 5.83. The summed E-state index contributed by atoms with van der Waals surface area (Å²) in [5, 5.41) is 16.4. The second kappa shape index (κ2) is 8.88. The molecule has 0 saturated heterocycles. The number of H-pyrrole nitrogens is 1. The number of fused-ring (bicyclic) bond motifs is 1. The average molecular weight is 443 g/mol. The van der Waals surface area contributed by atoms with Gasteiger partial charge in [0.05, 0.1) is 6.54 Å². The van der Waals surface area contributed by atoms with Crippen molar-refractivity contribution < 1.29 is 22.7 Å². The Balaban J connectivity index is 1.46. The normalized spacial score (nSPS) is 12.3. The summed E-state index contributed by atoms with van der Waals surface area (Å²) in [5.74, 6) is -1.68. The Morgan fingerprint density at radius 1 is 1.06 bits per heavy atom. The van der Waals surface area contributed by atoms with Crippen molar-refractivity contribution in [2.24, 2.45) is 0 Å². The van der Waals surface area contributed by atoms with Crippen LogP contribution in [0.5, 0.6) is 0 Å². The number of hydrogen-bond acceptors (Lipinski definition) is 8. The van der Waals surface area contributed by atoms with E-state index in [1.165, 1.54) is 6.20 Å². The largest absolute Gasteiger partial charge is 0.490 e. The number of esters is 1. The zero-order chi connectivity index (χ0) is 22.6. The predicted octanol–water partition coefficient (Wildman–Crippen LogP) is 3.75. The van der Waals surface area contributed by atoms with Crippen molar-refractivity contribution in [3.05, 3.63) is 66.4 Å². The third-order valence-corrected chi connectivity index (χ3v) is 4.35. The number of aromatic amines is 1. The second-order valence-corrected chi connectivity index (χ2v) is 6.60. The van der Waals surface area contributed by atoms with Crippen LogP contribution in [0.25, 0.3) is 11.0 Å². The van der Waals surface area contributed by atoms with Crippen LogP contribution in [0.3, 0.4) is 0 Å². The zero-order valence-electron chi connectivity index (χ0n) is 16.3. The summed E-state index contributed by atoms with van der Waals surface area (Å²) in [5.41, 5.74) is 2.43. The van der Waals surface area contributed by atoms with Gasteiger partial charge in [0.1, 0.15) is 23.0 Å². The lowest BCUT2D eigenvalue weighted by Crippen LogP contribution is -2.29. The molecule has 12 heteroatoms. The lowest BCUT2D eigenvalue weighted by Gasteiger charge is -2.20. The molecule has 9 nitrogen and oxygen atoms in total. The number of halogens is 3. The first kappa shape index (κ1) is 21.0. The number of hydrogen-bond donors (Lipinski definition) is 3. The molecule has 3 N–H and O–H groups in total. The molecule has 4 aromatic rings. The maximum Gasteiger partial charge on any atom is 0.490 e. The molecule has 2 aromatic carbocycles. The molecule has 1 atom stereocenters. The molecule has 1 unspecified atom stereocenters. The molecule has 0 amide bonds. The van der Waals surface area contributed by atoms with Crippen LogP contribution in [0.1, 0.15) is 11.7 Å². The maximum absolute atomic E-state index is 12.7. The van der Waals surface area contributed by atoms with E-state index in [1.807, 2.05) is 0 Å². The van der Waals surface area contributed by atoms with E-state index >= 15 is 0 Å². The van der Waals surface area contributed by atoms with Crippen LogP contribution in [-0.4, -0.2) is 44.1 Å². The van der Waals surface area contributed by atoms with Crippen molar-refractivity contribution in [1.29, 1.82) is 0 Å². The smallest absolute Gasteiger partial charge is 0.449 e. The number of ether oxygens (including phenoxy) is 1. The summed E-state index contributed by atoms with van der Waals surface area (Å²) >= 11 is 0. The van der Waals surface area contributed by atoms with E-state index < -0.39 is 18.2 Å². The number of carbonyl (C=O) groups is 1. The van der Waals surface area contributed by atoms with E-state index in [0.717, 1.165) is 0 Å². The summed E-state index contributed by atoms with van der Waals surface area (Å²) in [7, 11) is 0. The lowest BCUT2D eigenvalue weighted by molar-refractivity contribution is -0.204. The molecule has 4 rings (SSSR count). The van der Waals surface area contributed by atoms with Gasteiger partial charge in [-0.2, -0.15) is 33.6 Å². The molecule has 0 saturated carbocycles. The molecule has 0 radical (unpaired) electrons. The van der Waals surface area contributed by atoms with Crippen molar-refractivity contribution in [2.75, 3.05) is 17.2 Å². The predicted molar refractivity (Wildman–Crippen MR) is 109 cm³/mol. The van der Waals surface area contributed by atoms with Crippen LogP contribution < -0.4 is 10.6 Å². The summed E-state index contributed by atoms with van der Waals surface area (Å²) < 4.78 is 42.8. The van der Waals surface area contributed by atoms with E-state index in [4.69, 9.17) is 0 Å². The van der Waals surface area contributed by atoms with Crippen molar-refractivity contribution in [2.45, 2.75) is 12.3 Å². The van der Waals surface area contributed by atoms with Gasteiger partial charge >= 0.3 is 12.1 Å². The monoisotopic (exact) mass is 443 g/mol. The van der Waals surface area contributed by atoms with Crippen molar-refractivity contribution in [3.63, 3.8) is 0 Å². The van der Waals surface area contributed by atoms with Crippen LogP contribution >= 0.6 is 0 Å². The van der Waals surface area contributed by atoms with E-state index in [1.54, 1.807) is 54.6 Å². The van der Waals surface area contributed by atoms with Gasteiger partial charge in [-0.25, -0.2) is 9.78 Å². The maximum atomic E-state index is 12.7. The minimum Gasteiger partial charge on any atom is -0.449 e. The molecular formula is C20H16F3N7O2. The average Bonchev–Trinajstić information content (AvgIpc) is 3.24. The van der Waals surface area contributed by atoms with Crippen molar-refractivity contribution in [1.82, 2.24) is 25.4 Å². The molecule has 0 aliphatic rings. The van der Waals surface area contributed by atoms with Gasteiger partial charge < -0.3 is 15.4 Å². The number of anilines is 3. The topological polar surface area (TPSA) is 118 Å². The number of nitrogens with zero attached hydrogens (tertiary/aromatic N) is 4. The Bertz CT molecular complexity index is 1210. The first-order valence-corrected chi connectivity index (χ1v) is 9.36. The third-order valence-electron chi connectivity index (χ3n) is 4.35. The minimum absolute atomic E-state index is 0.132. The van der Waals surface area contributed by atoms with Gasteiger partial charge in [0.25, 0.3) is 0 Å². The van der Waals surface area contributed by atoms with Gasteiger partial charge in [-0.1, -0.05) is 30.3 Å². The van der Waals surface area contributed by atoms with Gasteiger partial charge in [0, 0.05) is 11.9 Å². The molecular weight excluding hydrogens is 427 g/mol. The Morgan fingerprint density at radius 2 is 1.84 bits per heavy atom. The van der Waals surface area contributed by atoms with Crippen LogP contribution in [0.15, 0.2) is 60.8 Å². The van der Waals surface area contributed by atoms with E-state index in [-0.39, 0.29) is 12.5 Å². The summed E-state index contributed by atoms with van der Waals surface area (Å²) in [6, 6.07) is 15.0. The molecule has 2 heterocycles. The fraction of sp³-hybridized carbons (Fsp3) is 0.150. The Morgan fingerprint density at radius 3 is 2.62 bits per heavy atom. The molecule has 0 aliphatic carbocycles. The number of benzene rings is 2. The number of aromatic nitrogens is 5. The first-order valence-electron chi connectivity index (χ1n) is 9.36. The SMILES string of the molecule is O=C(OC(CNc1ccnc(Nc2ccc3n[nH]nc3c2)n1)c1ccccc1)C(F)(F)F. The fourth-order valence-corrected chi connectivity index (χ4v) is 2.85. The highest BCUT2D eigenvalue weighted by Crippen LogP contribution is 2.25. The van der Waals surface area contributed by atoms with Gasteiger partial charge in [0.2, 0.25) is 5.95 Å². The molecule has 164 valence electrons. The quantitative estimate of drug-likeness (QED) is 0.370. The molecule has 0 aliphatic heterocycles. The van der Waals surface area contributed by atoms with Gasteiger partial charge in [0.15, 0.2) is 0 Å². The fourth-order valence-electron chi connectivity index (χ4n) is 2.85. The lowest BCUT2D eigenvalue weighted by atomic mass is 10.1. The van der Waals surface area contributed by atoms with Gasteiger partial charge in [-0.3, -0.25) is 0 Å². The van der Waals surface area contributed by atoms with E-state index in [2.05, 4.69) is 40.7 Å². The molecule has 0 spiro atoms. The van der Waals surface area contributed by atoms with Crippen LogP contribution in [0, 0.1) is 0 Å². The number of rotatable bonds is 7. The van der Waals surface area contributed by atoms with Crippen LogP contribution in [0.4, 0.5) is 30.6 Å². The third kappa shape index (κ3) is 5.09. The molecule has 0 bridgehead atoms. The van der Waals surface area contributed by atoms with Gasteiger partial charge in [-0.05, 0) is 29.8 Å². The van der Waals surface area contributed by atoms with Gasteiger partial charge in [-0.15, -0.1) is 0 Å². The second-order valence-electron chi connectivity index (χ2n) is 6.60. The summed E-state index contributed by atoms with van der Waals surface area (Å²) in [4.78, 5) is 19.8. The standard InChI is InChI=1S/C20H16F3N7O2/c21-20(22,23)18(31)32-16(12-4-2-1-3-5-12)11-25-17-8-9-24-19(27-17)26-13-6-7-14-15(10-13)29-30-28-14/h1-10,16H,11H2,(H,28,29,30)(H2,24,25,26,27). The van der Waals surface area contributed by atoms with Crippen molar-refractivity contribution in [3.8, 4) is 0 Å². The Labute approximate surface area is 179 Å². The molecule has 0 fully saturated rings.